The van der Waals surface area contributed by atoms with Gasteiger partial charge in [0.1, 0.15) is 0 Å². The third-order valence-electron chi connectivity index (χ3n) is 3.40. The van der Waals surface area contributed by atoms with E-state index in [2.05, 4.69) is 31.9 Å². The van der Waals surface area contributed by atoms with Crippen LogP contribution < -0.4 is 16.0 Å². The number of hydrogen-bond donors (Lipinski definition) is 3. The summed E-state index contributed by atoms with van der Waals surface area (Å²) >= 11 is 3.34. The summed E-state index contributed by atoms with van der Waals surface area (Å²) in [5, 5.41) is 8.86. The highest BCUT2D eigenvalue weighted by molar-refractivity contribution is 9.10. The van der Waals surface area contributed by atoms with E-state index in [9.17, 15) is 9.59 Å². The van der Waals surface area contributed by atoms with Gasteiger partial charge in [-0.1, -0.05) is 15.9 Å². The normalized spacial score (nSPS) is 17.5. The summed E-state index contributed by atoms with van der Waals surface area (Å²) in [6, 6.07) is 7.68. The second-order valence-corrected chi connectivity index (χ2v) is 6.07. The topological polar surface area (TPSA) is 70.2 Å². The minimum Gasteiger partial charge on any atom is -0.356 e. The fraction of sp³-hybridized carbons (Fsp3) is 0.467. The van der Waals surface area contributed by atoms with Gasteiger partial charge in [-0.15, -0.1) is 0 Å². The van der Waals surface area contributed by atoms with Crippen molar-refractivity contribution in [3.8, 4) is 0 Å². The van der Waals surface area contributed by atoms with Gasteiger partial charge in [-0.25, -0.2) is 0 Å². The highest BCUT2D eigenvalue weighted by Crippen LogP contribution is 2.14. The van der Waals surface area contributed by atoms with Crippen LogP contribution in [0.3, 0.4) is 0 Å². The van der Waals surface area contributed by atoms with Gasteiger partial charge in [0.25, 0.3) is 0 Å². The second-order valence-electron chi connectivity index (χ2n) is 5.15. The van der Waals surface area contributed by atoms with Crippen molar-refractivity contribution in [1.82, 2.24) is 10.6 Å². The molecule has 1 aromatic carbocycles. The molecule has 0 radical (unpaired) electrons. The molecule has 1 unspecified atom stereocenters. The third-order valence-corrected chi connectivity index (χ3v) is 3.93. The summed E-state index contributed by atoms with van der Waals surface area (Å²) in [4.78, 5) is 23.4. The predicted octanol–water partition coefficient (Wildman–Crippen LogP) is 2.04. The average Bonchev–Trinajstić information content (AvgIpc) is 2.94. The number of benzene rings is 1. The highest BCUT2D eigenvalue weighted by Gasteiger charge is 2.17. The monoisotopic (exact) mass is 353 g/mol. The first-order chi connectivity index (χ1) is 10.1. The third kappa shape index (κ3) is 5.85. The lowest BCUT2D eigenvalue weighted by Crippen LogP contribution is -2.33. The Morgan fingerprint density at radius 2 is 2.00 bits per heavy atom. The molecule has 6 heteroatoms. The first-order valence-electron chi connectivity index (χ1n) is 7.19. The molecule has 3 N–H and O–H groups in total. The Kier molecular flexibility index (Phi) is 6.20. The van der Waals surface area contributed by atoms with E-state index in [0.717, 1.165) is 29.5 Å². The van der Waals surface area contributed by atoms with E-state index < -0.39 is 0 Å². The van der Waals surface area contributed by atoms with Crippen LogP contribution in [0.4, 0.5) is 5.69 Å². The smallest absolute Gasteiger partial charge is 0.226 e. The number of amides is 2. The van der Waals surface area contributed by atoms with Crippen molar-refractivity contribution in [2.45, 2.75) is 31.7 Å². The van der Waals surface area contributed by atoms with Crippen molar-refractivity contribution < 1.29 is 9.59 Å². The van der Waals surface area contributed by atoms with Crippen LogP contribution in [0, 0.1) is 0 Å². The van der Waals surface area contributed by atoms with Crippen molar-refractivity contribution in [1.29, 1.82) is 0 Å². The van der Waals surface area contributed by atoms with Crippen molar-refractivity contribution in [3.63, 3.8) is 0 Å². The Labute approximate surface area is 133 Å². The Hall–Kier alpha value is -1.40. The Morgan fingerprint density at radius 1 is 1.24 bits per heavy atom. The molecule has 0 spiro atoms. The standard InChI is InChI=1S/C15H20BrN3O2/c16-11-3-5-12(6-4-11)19-14(20)7-9-18-15(21)10-13-2-1-8-17-13/h3-6,13,17H,1-2,7-10H2,(H,18,21)(H,19,20). The summed E-state index contributed by atoms with van der Waals surface area (Å²) in [6.45, 7) is 1.36. The van der Waals surface area contributed by atoms with Crippen molar-refractivity contribution in [3.05, 3.63) is 28.7 Å². The van der Waals surface area contributed by atoms with Crippen molar-refractivity contribution in [2.24, 2.45) is 0 Å². The van der Waals surface area contributed by atoms with Crippen molar-refractivity contribution in [2.75, 3.05) is 18.4 Å². The number of rotatable bonds is 6. The van der Waals surface area contributed by atoms with Gasteiger partial charge in [-0.05, 0) is 43.7 Å². The molecule has 5 nitrogen and oxygen atoms in total. The van der Waals surface area contributed by atoms with Gasteiger partial charge >= 0.3 is 0 Å². The maximum absolute atomic E-state index is 11.7. The SMILES string of the molecule is O=C(CC1CCCN1)NCCC(=O)Nc1ccc(Br)cc1. The Bertz CT molecular complexity index is 484. The molecular weight excluding hydrogens is 334 g/mol. The van der Waals surface area contributed by atoms with E-state index in [1.807, 2.05) is 24.3 Å². The molecule has 21 heavy (non-hydrogen) atoms. The maximum Gasteiger partial charge on any atom is 0.226 e. The summed E-state index contributed by atoms with van der Waals surface area (Å²) in [5.74, 6) is -0.0949. The molecule has 0 aliphatic carbocycles. The molecule has 2 amide bonds. The van der Waals surface area contributed by atoms with Gasteiger partial charge in [0.2, 0.25) is 11.8 Å². The largest absolute Gasteiger partial charge is 0.356 e. The van der Waals surface area contributed by atoms with Gasteiger partial charge < -0.3 is 16.0 Å². The van der Waals surface area contributed by atoms with Crippen LogP contribution in [0.15, 0.2) is 28.7 Å². The first kappa shape index (κ1) is 16.0. The lowest BCUT2D eigenvalue weighted by atomic mass is 10.1. The van der Waals surface area contributed by atoms with E-state index in [-0.39, 0.29) is 18.2 Å². The maximum atomic E-state index is 11.7. The molecule has 0 saturated carbocycles. The van der Waals surface area contributed by atoms with Crippen LogP contribution in [0.2, 0.25) is 0 Å². The molecule has 0 bridgehead atoms. The van der Waals surface area contributed by atoms with Gasteiger partial charge in [0.05, 0.1) is 0 Å². The first-order valence-corrected chi connectivity index (χ1v) is 7.98. The minimum atomic E-state index is -0.100. The molecule has 1 aliphatic heterocycles. The molecule has 1 saturated heterocycles. The van der Waals surface area contributed by atoms with Crippen molar-refractivity contribution >= 4 is 33.4 Å². The van der Waals surface area contributed by atoms with Gasteiger partial charge in [-0.3, -0.25) is 9.59 Å². The van der Waals surface area contributed by atoms with Crippen LogP contribution in [0.5, 0.6) is 0 Å². The van der Waals surface area contributed by atoms with E-state index in [0.29, 0.717) is 19.0 Å². The summed E-state index contributed by atoms with van der Waals surface area (Å²) in [7, 11) is 0. The zero-order valence-electron chi connectivity index (χ0n) is 11.8. The lowest BCUT2D eigenvalue weighted by molar-refractivity contribution is -0.121. The van der Waals surface area contributed by atoms with Gasteiger partial charge in [0, 0.05) is 35.6 Å². The van der Waals surface area contributed by atoms with Crippen LogP contribution in [-0.4, -0.2) is 30.9 Å². The molecule has 2 rings (SSSR count). The fourth-order valence-electron chi connectivity index (χ4n) is 2.30. The molecule has 114 valence electrons. The summed E-state index contributed by atoms with van der Waals surface area (Å²) < 4.78 is 0.966. The summed E-state index contributed by atoms with van der Waals surface area (Å²) in [5.41, 5.74) is 0.754. The highest BCUT2D eigenvalue weighted by atomic mass is 79.9. The molecule has 0 aromatic heterocycles. The number of halogens is 1. The van der Waals surface area contributed by atoms with Crippen LogP contribution in [-0.2, 0) is 9.59 Å². The van der Waals surface area contributed by atoms with Gasteiger partial charge in [-0.2, -0.15) is 0 Å². The zero-order chi connectivity index (χ0) is 15.1. The Morgan fingerprint density at radius 3 is 2.67 bits per heavy atom. The summed E-state index contributed by atoms with van der Waals surface area (Å²) in [6.07, 6.45) is 2.96. The molecular formula is C15H20BrN3O2. The average molecular weight is 354 g/mol. The molecule has 1 aliphatic rings. The van der Waals surface area contributed by atoms with Gasteiger partial charge in [0.15, 0.2) is 0 Å². The number of carbonyl (C=O) groups is 2. The second kappa shape index (κ2) is 8.14. The lowest BCUT2D eigenvalue weighted by Gasteiger charge is -2.10. The Balaban J connectivity index is 1.62. The quantitative estimate of drug-likeness (QED) is 0.732. The minimum absolute atomic E-state index is 0.00541. The molecule has 1 aromatic rings. The van der Waals surface area contributed by atoms with E-state index in [1.54, 1.807) is 0 Å². The molecule has 1 fully saturated rings. The van der Waals surface area contributed by atoms with E-state index in [4.69, 9.17) is 0 Å². The molecule has 1 atom stereocenters. The number of anilines is 1. The number of nitrogens with one attached hydrogen (secondary N) is 3. The van der Waals surface area contributed by atoms with Crippen LogP contribution in [0.1, 0.15) is 25.7 Å². The fourth-order valence-corrected chi connectivity index (χ4v) is 2.56. The van der Waals surface area contributed by atoms with E-state index >= 15 is 0 Å². The van der Waals surface area contributed by atoms with Crippen LogP contribution >= 0.6 is 15.9 Å². The number of carbonyl (C=O) groups excluding carboxylic acids is 2. The predicted molar refractivity (Wildman–Crippen MR) is 86.0 cm³/mol. The molecule has 1 heterocycles. The number of hydrogen-bond acceptors (Lipinski definition) is 3. The zero-order valence-corrected chi connectivity index (χ0v) is 13.4. The van der Waals surface area contributed by atoms with E-state index in [1.165, 1.54) is 0 Å². The van der Waals surface area contributed by atoms with Crippen LogP contribution in [0.25, 0.3) is 0 Å².